The maximum absolute atomic E-state index is 4.38. The quantitative estimate of drug-likeness (QED) is 0.228. The fourth-order valence-corrected chi connectivity index (χ4v) is 10.6. The first-order valence-corrected chi connectivity index (χ1v) is 16.2. The van der Waals surface area contributed by atoms with Crippen molar-refractivity contribution in [3.05, 3.63) is 132 Å². The van der Waals surface area contributed by atoms with Crippen molar-refractivity contribution in [1.29, 1.82) is 0 Å². The Morgan fingerprint density at radius 1 is 0.667 bits per heavy atom. The molecule has 3 heteroatoms. The Morgan fingerprint density at radius 2 is 1.18 bits per heavy atom. The lowest BCUT2D eigenvalue weighted by molar-refractivity contribution is 0.239. The Bertz CT molecular complexity index is 1210. The summed E-state index contributed by atoms with van der Waals surface area (Å²) in [4.78, 5) is 0. The summed E-state index contributed by atoms with van der Waals surface area (Å²) in [6.45, 7) is 3.56. The molecule has 0 radical (unpaired) electrons. The van der Waals surface area contributed by atoms with Crippen molar-refractivity contribution in [2.75, 3.05) is 6.54 Å². The predicted molar refractivity (Wildman–Crippen MR) is 167 cm³/mol. The lowest BCUT2D eigenvalue weighted by atomic mass is 9.75. The van der Waals surface area contributed by atoms with E-state index in [1.54, 1.807) is 0 Å². The molecule has 2 nitrogen and oxygen atoms in total. The van der Waals surface area contributed by atoms with Crippen LogP contribution in [0.15, 0.2) is 121 Å². The number of hydrogen-bond donors (Lipinski definition) is 2. The Labute approximate surface area is 236 Å². The van der Waals surface area contributed by atoms with Gasteiger partial charge in [-0.05, 0) is 80.4 Å². The van der Waals surface area contributed by atoms with E-state index in [0.29, 0.717) is 23.7 Å². The fraction of sp³-hybridized carbons (Fsp3) is 0.333. The first-order valence-electron chi connectivity index (χ1n) is 14.8. The summed E-state index contributed by atoms with van der Waals surface area (Å²) in [6.07, 6.45) is 6.30. The van der Waals surface area contributed by atoms with Crippen LogP contribution >= 0.6 is 7.92 Å². The number of nitrogens with one attached hydrogen (secondary N) is 2. The smallest absolute Gasteiger partial charge is 0.0848 e. The first-order chi connectivity index (χ1) is 19.3. The largest absolute Gasteiger partial charge is 0.311 e. The Balaban J connectivity index is 1.40. The molecule has 4 atom stereocenters. The van der Waals surface area contributed by atoms with E-state index in [1.807, 2.05) is 0 Å². The van der Waals surface area contributed by atoms with Crippen LogP contribution in [-0.2, 0) is 5.54 Å². The molecule has 1 aliphatic heterocycles. The van der Waals surface area contributed by atoms with Gasteiger partial charge in [0.25, 0.3) is 0 Å². The molecule has 0 aromatic heterocycles. The number of benzene rings is 4. The standard InChI is InChI=1S/C36H41N2P/c1-28(33-24-14-25-34(33)39(31-20-10-4-11-21-31)32-22-12-5-13-23-32)38-36(35-26-15-27-37-35,29-16-6-2-7-17-29)30-18-8-3-9-19-30/h2-13,16-23,28,33-35,37-38H,14-15,24-27H2,1H3/t28-,33+,34?,35?/m1/s1. The molecule has 2 unspecified atom stereocenters. The molecular formula is C36H41N2P. The van der Waals surface area contributed by atoms with Crippen LogP contribution < -0.4 is 21.2 Å². The second kappa shape index (κ2) is 12.2. The van der Waals surface area contributed by atoms with E-state index >= 15 is 0 Å². The van der Waals surface area contributed by atoms with Gasteiger partial charge in [0, 0.05) is 12.1 Å². The van der Waals surface area contributed by atoms with Crippen LogP contribution in [0.3, 0.4) is 0 Å². The molecule has 1 saturated carbocycles. The van der Waals surface area contributed by atoms with Crippen molar-refractivity contribution in [2.24, 2.45) is 5.92 Å². The van der Waals surface area contributed by atoms with E-state index in [-0.39, 0.29) is 5.54 Å². The highest BCUT2D eigenvalue weighted by molar-refractivity contribution is 7.73. The molecular weight excluding hydrogens is 491 g/mol. The van der Waals surface area contributed by atoms with Crippen molar-refractivity contribution in [3.8, 4) is 0 Å². The number of hydrogen-bond acceptors (Lipinski definition) is 2. The average Bonchev–Trinajstić information content (AvgIpc) is 3.72. The molecule has 39 heavy (non-hydrogen) atoms. The molecule has 2 fully saturated rings. The molecule has 200 valence electrons. The van der Waals surface area contributed by atoms with Gasteiger partial charge in [0.05, 0.1) is 5.54 Å². The minimum absolute atomic E-state index is 0.270. The van der Waals surface area contributed by atoms with E-state index in [9.17, 15) is 0 Å². The summed E-state index contributed by atoms with van der Waals surface area (Å²) in [7, 11) is -0.440. The normalized spacial score (nSPS) is 22.3. The summed E-state index contributed by atoms with van der Waals surface area (Å²) in [5, 5.41) is 11.3. The molecule has 2 N–H and O–H groups in total. The van der Waals surface area contributed by atoms with Gasteiger partial charge in [-0.15, -0.1) is 0 Å². The van der Waals surface area contributed by atoms with E-state index < -0.39 is 7.92 Å². The third kappa shape index (κ3) is 5.36. The van der Waals surface area contributed by atoms with Gasteiger partial charge in [0.1, 0.15) is 0 Å². The van der Waals surface area contributed by atoms with Gasteiger partial charge >= 0.3 is 0 Å². The highest BCUT2D eigenvalue weighted by atomic mass is 31.1. The minimum Gasteiger partial charge on any atom is -0.311 e. The maximum atomic E-state index is 4.38. The lowest BCUT2D eigenvalue weighted by Gasteiger charge is -2.46. The van der Waals surface area contributed by atoms with E-state index in [1.165, 1.54) is 53.8 Å². The first kappa shape index (κ1) is 26.5. The summed E-state index contributed by atoms with van der Waals surface area (Å²) in [5.74, 6) is 0.615. The Kier molecular flexibility index (Phi) is 8.26. The second-order valence-corrected chi connectivity index (χ2v) is 13.8. The van der Waals surface area contributed by atoms with Crippen molar-refractivity contribution < 1.29 is 0 Å². The second-order valence-electron chi connectivity index (χ2n) is 11.3. The van der Waals surface area contributed by atoms with E-state index in [4.69, 9.17) is 0 Å². The topological polar surface area (TPSA) is 24.1 Å². The van der Waals surface area contributed by atoms with Crippen molar-refractivity contribution in [3.63, 3.8) is 0 Å². The molecule has 0 spiro atoms. The molecule has 0 bridgehead atoms. The maximum Gasteiger partial charge on any atom is 0.0848 e. The van der Waals surface area contributed by atoms with Crippen LogP contribution in [-0.4, -0.2) is 24.3 Å². The lowest BCUT2D eigenvalue weighted by Crippen LogP contribution is -2.60. The van der Waals surface area contributed by atoms with Crippen LogP contribution in [0.25, 0.3) is 0 Å². The van der Waals surface area contributed by atoms with Crippen LogP contribution in [0.2, 0.25) is 0 Å². The van der Waals surface area contributed by atoms with Gasteiger partial charge in [-0.3, -0.25) is 5.32 Å². The summed E-state index contributed by atoms with van der Waals surface area (Å²) < 4.78 is 0. The molecule has 1 saturated heterocycles. The van der Waals surface area contributed by atoms with Crippen LogP contribution in [0, 0.1) is 5.92 Å². The van der Waals surface area contributed by atoms with E-state index in [2.05, 4.69) is 139 Å². The average molecular weight is 533 g/mol. The zero-order valence-electron chi connectivity index (χ0n) is 23.0. The van der Waals surface area contributed by atoms with Gasteiger partial charge in [-0.1, -0.05) is 128 Å². The van der Waals surface area contributed by atoms with Gasteiger partial charge in [0.2, 0.25) is 0 Å². The molecule has 4 aromatic rings. The zero-order valence-corrected chi connectivity index (χ0v) is 23.9. The highest BCUT2D eigenvalue weighted by Gasteiger charge is 2.47. The van der Waals surface area contributed by atoms with Crippen molar-refractivity contribution in [1.82, 2.24) is 10.6 Å². The summed E-state index contributed by atoms with van der Waals surface area (Å²) >= 11 is 0. The molecule has 1 aliphatic carbocycles. The molecule has 2 aliphatic rings. The van der Waals surface area contributed by atoms with Gasteiger partial charge in [0.15, 0.2) is 0 Å². The molecule has 6 rings (SSSR count). The highest BCUT2D eigenvalue weighted by Crippen LogP contribution is 2.51. The third-order valence-electron chi connectivity index (χ3n) is 9.07. The Morgan fingerprint density at radius 3 is 1.67 bits per heavy atom. The zero-order chi connectivity index (χ0) is 26.5. The van der Waals surface area contributed by atoms with Gasteiger partial charge in [-0.2, -0.15) is 0 Å². The minimum atomic E-state index is -0.440. The monoisotopic (exact) mass is 532 g/mol. The van der Waals surface area contributed by atoms with Gasteiger partial charge in [-0.25, -0.2) is 0 Å². The molecule has 4 aromatic carbocycles. The predicted octanol–water partition coefficient (Wildman–Crippen LogP) is 6.96. The SMILES string of the molecule is C[C@@H](NC(c1ccccc1)(c1ccccc1)C1CCCN1)[C@@H]1CCCC1P(c1ccccc1)c1ccccc1. The third-order valence-corrected chi connectivity index (χ3v) is 12.1. The van der Waals surface area contributed by atoms with Crippen molar-refractivity contribution >= 4 is 18.5 Å². The van der Waals surface area contributed by atoms with Crippen LogP contribution in [0.1, 0.15) is 50.2 Å². The van der Waals surface area contributed by atoms with E-state index in [0.717, 1.165) is 6.54 Å². The van der Waals surface area contributed by atoms with Crippen molar-refractivity contribution in [2.45, 2.75) is 62.3 Å². The van der Waals surface area contributed by atoms with Crippen LogP contribution in [0.5, 0.6) is 0 Å². The molecule has 0 amide bonds. The Hall–Kier alpha value is -2.77. The number of rotatable bonds is 9. The fourth-order valence-electron chi connectivity index (χ4n) is 7.34. The molecule has 1 heterocycles. The van der Waals surface area contributed by atoms with Crippen LogP contribution in [0.4, 0.5) is 0 Å². The summed E-state index contributed by atoms with van der Waals surface area (Å²) in [5.41, 5.74) is 3.12. The van der Waals surface area contributed by atoms with Gasteiger partial charge < -0.3 is 5.32 Å². The summed E-state index contributed by atoms with van der Waals surface area (Å²) in [6, 6.07) is 45.8.